The fourth-order valence-electron chi connectivity index (χ4n) is 4.86. The summed E-state index contributed by atoms with van der Waals surface area (Å²) in [5.41, 5.74) is 4.24. The number of carbonyl (C=O) groups excluding carboxylic acids is 1. The average Bonchev–Trinajstić information content (AvgIpc) is 3.34. The van der Waals surface area contributed by atoms with E-state index in [0.717, 1.165) is 17.5 Å². The molecule has 0 saturated heterocycles. The number of rotatable bonds is 4. The molecule has 3 aromatic rings. The van der Waals surface area contributed by atoms with Crippen LogP contribution in [0.2, 0.25) is 0 Å². The van der Waals surface area contributed by atoms with Crippen molar-refractivity contribution in [1.82, 2.24) is 10.5 Å². The van der Waals surface area contributed by atoms with E-state index in [9.17, 15) is 14.4 Å². The highest BCUT2D eigenvalue weighted by Gasteiger charge is 2.48. The van der Waals surface area contributed by atoms with Crippen molar-refractivity contribution in [1.29, 1.82) is 0 Å². The molecule has 1 amide bonds. The number of hydroxylamine groups is 1. The minimum Gasteiger partial charge on any atom is -0.289 e. The lowest BCUT2D eigenvalue weighted by atomic mass is 9.75. The number of hydrogen-bond acceptors (Lipinski definition) is 4. The Balaban J connectivity index is 1.51. The molecule has 2 atom stereocenters. The maximum atomic E-state index is 14.2. The molecule has 5 rings (SSSR count). The third-order valence-corrected chi connectivity index (χ3v) is 7.86. The van der Waals surface area contributed by atoms with Crippen molar-refractivity contribution < 1.29 is 14.4 Å². The third-order valence-electron chi connectivity index (χ3n) is 6.66. The number of thiazole rings is 1. The molecule has 4 nitrogen and oxygen atoms in total. The Morgan fingerprint density at radius 3 is 2.83 bits per heavy atom. The number of aromatic nitrogens is 1. The lowest BCUT2D eigenvalue weighted by Gasteiger charge is -2.29. The Morgan fingerprint density at radius 2 is 2.07 bits per heavy atom. The number of carbonyl (C=O) groups is 1. The largest absolute Gasteiger partial charge is 0.289 e. The highest BCUT2D eigenvalue weighted by Crippen LogP contribution is 2.50. The lowest BCUT2D eigenvalue weighted by molar-refractivity contribution is -0.135. The van der Waals surface area contributed by atoms with Gasteiger partial charge in [-0.05, 0) is 79.8 Å². The van der Waals surface area contributed by atoms with Gasteiger partial charge in [-0.3, -0.25) is 10.0 Å². The van der Waals surface area contributed by atoms with Crippen LogP contribution in [0.25, 0.3) is 10.2 Å². The molecule has 2 fully saturated rings. The highest BCUT2D eigenvalue weighted by atomic mass is 32.1. The smallest absolute Gasteiger partial charge is 0.254 e. The van der Waals surface area contributed by atoms with Crippen molar-refractivity contribution >= 4 is 27.5 Å². The molecule has 2 aromatic carbocycles. The van der Waals surface area contributed by atoms with E-state index >= 15 is 0 Å². The molecule has 6 heteroatoms. The Bertz CT molecular complexity index is 1110. The molecule has 0 spiro atoms. The van der Waals surface area contributed by atoms with Gasteiger partial charge in [0.05, 0.1) is 20.6 Å². The van der Waals surface area contributed by atoms with Gasteiger partial charge in [0.15, 0.2) is 0 Å². The SMILES string of the molecule is Cc1c(F)cccc1C1(C(=O)NO)CCC(c2ccc3sc(C4CC4)nc3c2)C1. The van der Waals surface area contributed by atoms with Gasteiger partial charge in [-0.25, -0.2) is 14.9 Å². The van der Waals surface area contributed by atoms with Crippen molar-refractivity contribution in [3.63, 3.8) is 0 Å². The van der Waals surface area contributed by atoms with E-state index in [-0.39, 0.29) is 11.7 Å². The van der Waals surface area contributed by atoms with Gasteiger partial charge in [-0.15, -0.1) is 11.3 Å². The number of nitrogens with one attached hydrogen (secondary N) is 1. The first kappa shape index (κ1) is 18.7. The van der Waals surface area contributed by atoms with E-state index in [1.807, 2.05) is 11.5 Å². The highest BCUT2D eigenvalue weighted by molar-refractivity contribution is 7.18. The number of fused-ring (bicyclic) bond motifs is 1. The number of hydrogen-bond donors (Lipinski definition) is 2. The van der Waals surface area contributed by atoms with Crippen LogP contribution >= 0.6 is 11.3 Å². The van der Waals surface area contributed by atoms with Crippen LogP contribution in [0.1, 0.15) is 65.6 Å². The van der Waals surface area contributed by atoms with Gasteiger partial charge in [-0.2, -0.15) is 0 Å². The zero-order valence-electron chi connectivity index (χ0n) is 16.2. The Kier molecular flexibility index (Phi) is 4.44. The van der Waals surface area contributed by atoms with Gasteiger partial charge in [-0.1, -0.05) is 18.2 Å². The van der Waals surface area contributed by atoms with E-state index in [2.05, 4.69) is 18.2 Å². The molecule has 2 saturated carbocycles. The normalized spacial score (nSPS) is 24.2. The van der Waals surface area contributed by atoms with Crippen molar-refractivity contribution in [3.05, 3.63) is 63.9 Å². The van der Waals surface area contributed by atoms with Gasteiger partial charge in [0.25, 0.3) is 5.91 Å². The van der Waals surface area contributed by atoms with Crippen LogP contribution < -0.4 is 5.48 Å². The van der Waals surface area contributed by atoms with Crippen LogP contribution in [-0.2, 0) is 10.2 Å². The van der Waals surface area contributed by atoms with Crippen LogP contribution in [0.3, 0.4) is 0 Å². The predicted molar refractivity (Wildman–Crippen MR) is 111 cm³/mol. The standard InChI is InChI=1S/C23H23FN2O2S/c1-13-17(3-2-4-18(13)24)23(22(27)26-28)10-9-16(12-23)15-7-8-20-19(11-15)25-21(29-20)14-5-6-14/h2-4,7-8,11,14,16,28H,5-6,9-10,12H2,1H3,(H,26,27). The number of amides is 1. The van der Waals surface area contributed by atoms with Crippen molar-refractivity contribution in [2.24, 2.45) is 0 Å². The van der Waals surface area contributed by atoms with E-state index in [1.165, 1.54) is 28.6 Å². The second-order valence-electron chi connectivity index (χ2n) is 8.43. The lowest BCUT2D eigenvalue weighted by Crippen LogP contribution is -2.42. The maximum Gasteiger partial charge on any atom is 0.254 e. The summed E-state index contributed by atoms with van der Waals surface area (Å²) >= 11 is 1.78. The molecule has 1 heterocycles. The van der Waals surface area contributed by atoms with Crippen molar-refractivity contribution in [2.75, 3.05) is 0 Å². The molecule has 2 aliphatic rings. The first-order chi connectivity index (χ1) is 14.0. The monoisotopic (exact) mass is 410 g/mol. The summed E-state index contributed by atoms with van der Waals surface area (Å²) < 4.78 is 15.4. The summed E-state index contributed by atoms with van der Waals surface area (Å²) in [5, 5.41) is 10.7. The van der Waals surface area contributed by atoms with E-state index in [0.29, 0.717) is 29.9 Å². The minimum absolute atomic E-state index is 0.158. The van der Waals surface area contributed by atoms with Gasteiger partial charge < -0.3 is 0 Å². The quantitative estimate of drug-likeness (QED) is 0.451. The summed E-state index contributed by atoms with van der Waals surface area (Å²) in [6.45, 7) is 1.70. The zero-order chi connectivity index (χ0) is 20.2. The van der Waals surface area contributed by atoms with Gasteiger partial charge >= 0.3 is 0 Å². The van der Waals surface area contributed by atoms with E-state index in [4.69, 9.17) is 4.98 Å². The van der Waals surface area contributed by atoms with Crippen LogP contribution in [0.15, 0.2) is 36.4 Å². The molecule has 1 aromatic heterocycles. The zero-order valence-corrected chi connectivity index (χ0v) is 17.1. The van der Waals surface area contributed by atoms with Crippen LogP contribution in [0.4, 0.5) is 4.39 Å². The molecule has 0 radical (unpaired) electrons. The van der Waals surface area contributed by atoms with Crippen LogP contribution in [-0.4, -0.2) is 16.1 Å². The van der Waals surface area contributed by atoms with E-state index in [1.54, 1.807) is 24.3 Å². The fourth-order valence-corrected chi connectivity index (χ4v) is 5.97. The van der Waals surface area contributed by atoms with Gasteiger partial charge in [0.2, 0.25) is 0 Å². The second-order valence-corrected chi connectivity index (χ2v) is 9.49. The minimum atomic E-state index is -0.929. The predicted octanol–water partition coefficient (Wildman–Crippen LogP) is 5.33. The van der Waals surface area contributed by atoms with Crippen LogP contribution in [0, 0.1) is 12.7 Å². The second kappa shape index (κ2) is 6.89. The summed E-state index contributed by atoms with van der Waals surface area (Å²) in [6.07, 6.45) is 4.38. The molecule has 2 unspecified atom stereocenters. The summed E-state index contributed by atoms with van der Waals surface area (Å²) in [5.74, 6) is 0.0108. The number of halogens is 1. The number of benzene rings is 2. The first-order valence-electron chi connectivity index (χ1n) is 10.1. The van der Waals surface area contributed by atoms with Gasteiger partial charge in [0, 0.05) is 5.92 Å². The molecule has 29 heavy (non-hydrogen) atoms. The topological polar surface area (TPSA) is 62.2 Å². The van der Waals surface area contributed by atoms with Crippen molar-refractivity contribution in [3.8, 4) is 0 Å². The summed E-state index contributed by atoms with van der Waals surface area (Å²) in [4.78, 5) is 17.6. The van der Waals surface area contributed by atoms with Crippen LogP contribution in [0.5, 0.6) is 0 Å². The maximum absolute atomic E-state index is 14.2. The number of nitrogens with zero attached hydrogens (tertiary/aromatic N) is 1. The van der Waals surface area contributed by atoms with Crippen molar-refractivity contribution in [2.45, 2.75) is 56.3 Å². The molecular formula is C23H23FN2O2S. The first-order valence-corrected chi connectivity index (χ1v) is 10.9. The third kappa shape index (κ3) is 3.06. The van der Waals surface area contributed by atoms with Gasteiger partial charge in [0.1, 0.15) is 5.82 Å². The Morgan fingerprint density at radius 1 is 1.24 bits per heavy atom. The molecule has 0 bridgehead atoms. The molecular weight excluding hydrogens is 387 g/mol. The average molecular weight is 411 g/mol. The molecule has 150 valence electrons. The molecule has 0 aliphatic heterocycles. The fraction of sp³-hybridized carbons (Fsp3) is 0.391. The Hall–Kier alpha value is -2.31. The summed E-state index contributed by atoms with van der Waals surface area (Å²) in [7, 11) is 0. The molecule has 2 aliphatic carbocycles. The van der Waals surface area contributed by atoms with E-state index < -0.39 is 11.3 Å². The molecule has 2 N–H and O–H groups in total. The Labute approximate surface area is 172 Å². The summed E-state index contributed by atoms with van der Waals surface area (Å²) in [6, 6.07) is 11.3.